The highest BCUT2D eigenvalue weighted by Crippen LogP contribution is 2.36. The van der Waals surface area contributed by atoms with Crippen molar-refractivity contribution in [3.63, 3.8) is 0 Å². The number of amides is 5. The third-order valence-corrected chi connectivity index (χ3v) is 11.6. The number of carbonyl (C=O) groups is 5. The van der Waals surface area contributed by atoms with E-state index < -0.39 is 17.5 Å². The van der Waals surface area contributed by atoms with Crippen LogP contribution in [0, 0.1) is 5.92 Å². The van der Waals surface area contributed by atoms with E-state index in [0.717, 1.165) is 44.4 Å². The number of nitrogens with one attached hydrogen (secondary N) is 2. The Bertz CT molecular complexity index is 1550. The van der Waals surface area contributed by atoms with Gasteiger partial charge in [0.05, 0.1) is 6.61 Å². The van der Waals surface area contributed by atoms with Crippen molar-refractivity contribution in [1.29, 1.82) is 0 Å². The Morgan fingerprint density at radius 1 is 0.944 bits per heavy atom. The molecule has 0 radical (unpaired) electrons. The molecule has 2 aliphatic heterocycles. The number of esters is 1. The van der Waals surface area contributed by atoms with Crippen molar-refractivity contribution in [3.8, 4) is 0 Å². The summed E-state index contributed by atoms with van der Waals surface area (Å²) in [6.07, 6.45) is 8.24. The minimum atomic E-state index is -1.14. The lowest BCUT2D eigenvalue weighted by atomic mass is 9.84. The largest absolute Gasteiger partial charge is 0.464 e. The Balaban J connectivity index is 1.16. The fraction of sp³-hybridized carbons (Fsp3) is 0.537. The van der Waals surface area contributed by atoms with E-state index in [4.69, 9.17) is 4.74 Å². The molecule has 5 amide bonds. The number of nitrogens with zero attached hydrogens (tertiary/aromatic N) is 4. The molecule has 2 fully saturated rings. The first-order valence-corrected chi connectivity index (χ1v) is 20.3. The van der Waals surface area contributed by atoms with Crippen LogP contribution in [-0.2, 0) is 30.3 Å². The van der Waals surface area contributed by atoms with E-state index in [9.17, 15) is 24.0 Å². The van der Waals surface area contributed by atoms with E-state index in [0.29, 0.717) is 62.8 Å². The number of unbranched alkanes of at least 4 members (excludes halogenated alkanes) is 1. The summed E-state index contributed by atoms with van der Waals surface area (Å²) in [7, 11) is 0. The zero-order chi connectivity index (χ0) is 38.6. The zero-order valence-electron chi connectivity index (χ0n) is 31.6. The van der Waals surface area contributed by atoms with Gasteiger partial charge in [-0.2, -0.15) is 11.8 Å². The molecule has 0 bridgehead atoms. The molecule has 292 valence electrons. The average Bonchev–Trinajstić information content (AvgIpc) is 3.66. The molecule has 54 heavy (non-hydrogen) atoms. The van der Waals surface area contributed by atoms with E-state index in [2.05, 4.69) is 44.4 Å². The minimum absolute atomic E-state index is 0.0574. The lowest BCUT2D eigenvalue weighted by molar-refractivity contribution is -0.154. The molecule has 12 nitrogen and oxygen atoms in total. The summed E-state index contributed by atoms with van der Waals surface area (Å²) < 4.78 is 5.85. The molecule has 2 heterocycles. The number of urea groups is 1. The average molecular weight is 761 g/mol. The second-order valence-corrected chi connectivity index (χ2v) is 15.1. The van der Waals surface area contributed by atoms with Gasteiger partial charge in [0.2, 0.25) is 17.7 Å². The van der Waals surface area contributed by atoms with Crippen LogP contribution in [0.4, 0.5) is 10.5 Å². The van der Waals surface area contributed by atoms with E-state index >= 15 is 0 Å². The molecule has 4 rings (SSSR count). The number of aliphatic imine (C=N–C) groups is 2. The van der Waals surface area contributed by atoms with Gasteiger partial charge in [0.25, 0.3) is 0 Å². The highest BCUT2D eigenvalue weighted by Gasteiger charge is 2.50. The van der Waals surface area contributed by atoms with Crippen molar-refractivity contribution >= 4 is 60.1 Å². The van der Waals surface area contributed by atoms with Gasteiger partial charge in [-0.3, -0.25) is 19.3 Å². The SMILES string of the molecule is C=NC(=O)/N=C\C1CCS[C@H]1CCCCC(=O)NCCNC(=O)CCCOC(=O)C1(N(C(=O)CC)c2ccccc2)CCN(CCc2ccccc2)CC1. The van der Waals surface area contributed by atoms with Crippen molar-refractivity contribution in [2.75, 3.05) is 50.0 Å². The van der Waals surface area contributed by atoms with Crippen LogP contribution in [0.1, 0.15) is 76.7 Å². The smallest absolute Gasteiger partial charge is 0.366 e. The number of likely N-dealkylation sites (tertiary alicyclic amines) is 1. The van der Waals surface area contributed by atoms with Crippen molar-refractivity contribution in [1.82, 2.24) is 15.5 Å². The predicted molar refractivity (Wildman–Crippen MR) is 215 cm³/mol. The Hall–Kier alpha value is -4.36. The third-order valence-electron chi connectivity index (χ3n) is 10.1. The second kappa shape index (κ2) is 22.8. The summed E-state index contributed by atoms with van der Waals surface area (Å²) in [4.78, 5) is 74.7. The maximum atomic E-state index is 14.0. The van der Waals surface area contributed by atoms with Crippen LogP contribution in [0.15, 0.2) is 70.6 Å². The number of anilines is 1. The normalized spacial score (nSPS) is 18.2. The van der Waals surface area contributed by atoms with Gasteiger partial charge in [-0.05, 0) is 75.1 Å². The first kappa shape index (κ1) is 42.4. The number of hydrogen-bond donors (Lipinski definition) is 2. The molecule has 0 aromatic heterocycles. The number of thioether (sulfide) groups is 1. The van der Waals surface area contributed by atoms with Gasteiger partial charge in [-0.15, -0.1) is 0 Å². The Kier molecular flexibility index (Phi) is 17.9. The molecule has 0 aliphatic carbocycles. The standard InChI is InChI=1S/C41H56N6O6S/c1-3-38(50)47(34-15-8-5-9-16-34)41(22-27-46(28-23-41)26-20-32-13-6-4-7-14-32)39(51)53-29-12-19-37(49)44-25-24-43-36(48)18-11-10-17-35-33(21-30-54-35)31-45-40(52)42-2/h4-9,13-16,31,33,35H,2-3,10-12,17-30H2,1H3,(H,43,48)(H,44,49)/b45-31-/t33?,35-/m0/s1. The van der Waals surface area contributed by atoms with Gasteiger partial charge in [0, 0.05) is 75.1 Å². The summed E-state index contributed by atoms with van der Waals surface area (Å²) in [5, 5.41) is 6.06. The molecular weight excluding hydrogens is 705 g/mol. The molecule has 0 saturated carbocycles. The monoisotopic (exact) mass is 760 g/mol. The molecule has 2 atom stereocenters. The highest BCUT2D eigenvalue weighted by atomic mass is 32.2. The molecule has 1 unspecified atom stereocenters. The molecule has 0 spiro atoms. The predicted octanol–water partition coefficient (Wildman–Crippen LogP) is 5.64. The third kappa shape index (κ3) is 13.2. The molecule has 2 aliphatic rings. The van der Waals surface area contributed by atoms with Crippen LogP contribution >= 0.6 is 11.8 Å². The number of benzene rings is 2. The lowest BCUT2D eigenvalue weighted by Gasteiger charge is -2.46. The van der Waals surface area contributed by atoms with Crippen LogP contribution < -0.4 is 15.5 Å². The van der Waals surface area contributed by atoms with Gasteiger partial charge in [0.1, 0.15) is 5.54 Å². The Labute approximate surface area is 324 Å². The fourth-order valence-corrected chi connectivity index (χ4v) is 8.54. The fourth-order valence-electron chi connectivity index (χ4n) is 7.04. The Morgan fingerprint density at radius 2 is 1.59 bits per heavy atom. The number of carbonyl (C=O) groups excluding carboxylic acids is 5. The summed E-state index contributed by atoms with van der Waals surface area (Å²) in [6, 6.07) is 19.1. The van der Waals surface area contributed by atoms with E-state index in [-0.39, 0.29) is 43.1 Å². The number of piperidine rings is 1. The maximum Gasteiger partial charge on any atom is 0.366 e. The molecule has 2 aromatic carbocycles. The van der Waals surface area contributed by atoms with Crippen LogP contribution in [0.2, 0.25) is 0 Å². The minimum Gasteiger partial charge on any atom is -0.464 e. The maximum absolute atomic E-state index is 14.0. The van der Waals surface area contributed by atoms with Crippen LogP contribution in [0.3, 0.4) is 0 Å². The van der Waals surface area contributed by atoms with Crippen molar-refractivity contribution < 1.29 is 28.7 Å². The molecule has 2 saturated heterocycles. The second-order valence-electron chi connectivity index (χ2n) is 13.8. The number of ether oxygens (including phenoxy) is 1. The molecule has 13 heteroatoms. The van der Waals surface area contributed by atoms with E-state index in [1.807, 2.05) is 60.3 Å². The quantitative estimate of drug-likeness (QED) is 0.100. The van der Waals surface area contributed by atoms with Crippen molar-refractivity contribution in [2.45, 2.75) is 88.3 Å². The molecule has 2 N–H and O–H groups in total. The van der Waals surface area contributed by atoms with Gasteiger partial charge < -0.3 is 20.3 Å². The number of hydrogen-bond acceptors (Lipinski definition) is 8. The van der Waals surface area contributed by atoms with Crippen molar-refractivity contribution in [3.05, 3.63) is 66.2 Å². The van der Waals surface area contributed by atoms with Gasteiger partial charge in [-0.25, -0.2) is 19.6 Å². The summed E-state index contributed by atoms with van der Waals surface area (Å²) in [5.41, 5.74) is 0.789. The number of para-hydroxylation sites is 1. The molecule has 2 aromatic rings. The van der Waals surface area contributed by atoms with Gasteiger partial charge in [0.15, 0.2) is 0 Å². The first-order chi connectivity index (χ1) is 26.3. The summed E-state index contributed by atoms with van der Waals surface area (Å²) in [6.45, 7) is 7.85. The Morgan fingerprint density at radius 3 is 2.24 bits per heavy atom. The summed E-state index contributed by atoms with van der Waals surface area (Å²) >= 11 is 1.88. The van der Waals surface area contributed by atoms with E-state index in [1.165, 1.54) is 5.56 Å². The lowest BCUT2D eigenvalue weighted by Crippen LogP contribution is -2.63. The zero-order valence-corrected chi connectivity index (χ0v) is 32.4. The number of rotatable bonds is 20. The molecular formula is C41H56N6O6S. The van der Waals surface area contributed by atoms with Crippen LogP contribution in [-0.4, -0.2) is 103 Å². The highest BCUT2D eigenvalue weighted by molar-refractivity contribution is 8.00. The first-order valence-electron chi connectivity index (χ1n) is 19.3. The van der Waals surface area contributed by atoms with E-state index in [1.54, 1.807) is 18.0 Å². The van der Waals surface area contributed by atoms with Crippen LogP contribution in [0.5, 0.6) is 0 Å². The topological polar surface area (TPSA) is 150 Å². The van der Waals surface area contributed by atoms with Gasteiger partial charge >= 0.3 is 12.0 Å². The van der Waals surface area contributed by atoms with Gasteiger partial charge in [-0.1, -0.05) is 61.9 Å². The van der Waals surface area contributed by atoms with Crippen LogP contribution in [0.25, 0.3) is 0 Å². The van der Waals surface area contributed by atoms with Crippen molar-refractivity contribution in [2.24, 2.45) is 15.9 Å². The summed E-state index contributed by atoms with van der Waals surface area (Å²) in [5.74, 6) is 0.445.